The lowest BCUT2D eigenvalue weighted by Gasteiger charge is -2.32. The molecule has 0 aliphatic carbocycles. The van der Waals surface area contributed by atoms with Crippen LogP contribution in [0.15, 0.2) is 72.2 Å². The molecule has 47 heavy (non-hydrogen) atoms. The van der Waals surface area contributed by atoms with E-state index < -0.39 is 30.0 Å². The number of benzene rings is 2. The Morgan fingerprint density at radius 3 is 2.19 bits per heavy atom. The fourth-order valence-corrected chi connectivity index (χ4v) is 5.17. The first kappa shape index (κ1) is 35.8. The number of fused-ring (bicyclic) bond motifs is 1. The van der Waals surface area contributed by atoms with E-state index in [0.29, 0.717) is 5.75 Å². The van der Waals surface area contributed by atoms with Crippen molar-refractivity contribution in [1.29, 1.82) is 0 Å². The summed E-state index contributed by atoms with van der Waals surface area (Å²) in [5.41, 5.74) is 3.55. The highest BCUT2D eigenvalue weighted by atomic mass is 16.7. The Morgan fingerprint density at radius 2 is 1.62 bits per heavy atom. The van der Waals surface area contributed by atoms with Gasteiger partial charge in [0.2, 0.25) is 5.91 Å². The SMILES string of the molecule is CC/C(B1OC(C)(C)C(C)(C)O1)=C(/c1ccc(OCCN(C/C=C/C(=O)N(C)C)C(=O)OC(C)(C)C)cc1)c1cc2ccccc2[nH]1. The number of aromatic nitrogens is 1. The molecule has 1 fully saturated rings. The van der Waals surface area contributed by atoms with Gasteiger partial charge in [-0.2, -0.15) is 0 Å². The molecule has 1 aromatic heterocycles. The molecule has 0 spiro atoms. The van der Waals surface area contributed by atoms with Crippen LogP contribution in [0.5, 0.6) is 5.75 Å². The molecule has 1 saturated heterocycles. The third kappa shape index (κ3) is 8.87. The summed E-state index contributed by atoms with van der Waals surface area (Å²) in [7, 11) is 2.86. The molecule has 0 bridgehead atoms. The standard InChI is InChI=1S/C37H50BN3O6/c1-11-29(38-46-36(5,6)37(7,8)47-38)33(31-25-27-15-12-13-16-30(27)39-31)26-18-20-28(21-19-26)44-24-23-41(34(43)45-35(2,3)4)22-14-17-32(42)40(9)10/h12-21,25,39H,11,22-24H2,1-10H3/b17-14+,33-29+. The Labute approximate surface area is 280 Å². The molecule has 2 heterocycles. The third-order valence-electron chi connectivity index (χ3n) is 8.49. The Morgan fingerprint density at radius 1 is 0.979 bits per heavy atom. The topological polar surface area (TPSA) is 93.3 Å². The number of carbonyl (C=O) groups is 2. The van der Waals surface area contributed by atoms with Crippen LogP contribution < -0.4 is 4.74 Å². The normalized spacial score (nSPS) is 16.3. The highest BCUT2D eigenvalue weighted by Gasteiger charge is 2.52. The molecule has 0 atom stereocenters. The molecule has 1 aliphatic heterocycles. The fourth-order valence-electron chi connectivity index (χ4n) is 5.17. The number of nitrogens with one attached hydrogen (secondary N) is 1. The van der Waals surface area contributed by atoms with Gasteiger partial charge in [-0.15, -0.1) is 0 Å². The number of H-pyrrole nitrogens is 1. The van der Waals surface area contributed by atoms with E-state index in [1.54, 1.807) is 20.2 Å². The molecule has 2 amide bonds. The number of rotatable bonds is 11. The predicted octanol–water partition coefficient (Wildman–Crippen LogP) is 7.27. The first-order chi connectivity index (χ1) is 22.0. The molecule has 9 nitrogen and oxygen atoms in total. The quantitative estimate of drug-likeness (QED) is 0.175. The van der Waals surface area contributed by atoms with Gasteiger partial charge in [0.25, 0.3) is 0 Å². The zero-order valence-corrected chi connectivity index (χ0v) is 29.6. The summed E-state index contributed by atoms with van der Waals surface area (Å²) in [5.74, 6) is 0.511. The van der Waals surface area contributed by atoms with Crippen LogP contribution >= 0.6 is 0 Å². The number of amides is 2. The van der Waals surface area contributed by atoms with Gasteiger partial charge in [0.05, 0.1) is 17.7 Å². The van der Waals surface area contributed by atoms with Crippen LogP contribution in [0.4, 0.5) is 4.79 Å². The molecule has 10 heteroatoms. The van der Waals surface area contributed by atoms with Gasteiger partial charge in [-0.05, 0) is 90.2 Å². The average Bonchev–Trinajstić information content (AvgIpc) is 3.50. The van der Waals surface area contributed by atoms with E-state index in [0.717, 1.165) is 39.6 Å². The number of ether oxygens (including phenoxy) is 2. The molecule has 1 N–H and O–H groups in total. The second kappa shape index (κ2) is 14.4. The largest absolute Gasteiger partial charge is 0.492 e. The zero-order chi connectivity index (χ0) is 34.6. The van der Waals surface area contributed by atoms with Crippen LogP contribution in [-0.4, -0.2) is 84.5 Å². The predicted molar refractivity (Wildman–Crippen MR) is 188 cm³/mol. The zero-order valence-electron chi connectivity index (χ0n) is 29.6. The van der Waals surface area contributed by atoms with Gasteiger partial charge in [-0.3, -0.25) is 4.79 Å². The molecule has 0 unspecified atom stereocenters. The van der Waals surface area contributed by atoms with Gasteiger partial charge in [-0.25, -0.2) is 4.79 Å². The van der Waals surface area contributed by atoms with Crippen molar-refractivity contribution in [2.24, 2.45) is 0 Å². The van der Waals surface area contributed by atoms with Crippen LogP contribution in [-0.2, 0) is 18.8 Å². The molecule has 2 aromatic carbocycles. The van der Waals surface area contributed by atoms with Crippen LogP contribution in [0.2, 0.25) is 0 Å². The van der Waals surface area contributed by atoms with E-state index in [-0.39, 0.29) is 25.6 Å². The maximum atomic E-state index is 12.9. The number of aromatic amines is 1. The first-order valence-electron chi connectivity index (χ1n) is 16.3. The van der Waals surface area contributed by atoms with Crippen molar-refractivity contribution < 1.29 is 28.4 Å². The minimum Gasteiger partial charge on any atom is -0.492 e. The lowest BCUT2D eigenvalue weighted by molar-refractivity contribution is -0.123. The monoisotopic (exact) mass is 643 g/mol. The maximum absolute atomic E-state index is 12.9. The number of nitrogens with zero attached hydrogens (tertiary/aromatic N) is 2. The smallest absolute Gasteiger partial charge is 0.491 e. The second-order valence-electron chi connectivity index (χ2n) is 14.0. The second-order valence-corrected chi connectivity index (χ2v) is 14.0. The molecule has 252 valence electrons. The van der Waals surface area contributed by atoms with E-state index in [1.807, 2.05) is 57.2 Å². The van der Waals surface area contributed by atoms with Crippen LogP contribution in [0.3, 0.4) is 0 Å². The summed E-state index contributed by atoms with van der Waals surface area (Å²) in [4.78, 5) is 31.5. The van der Waals surface area contributed by atoms with Crippen molar-refractivity contribution in [3.63, 3.8) is 0 Å². The van der Waals surface area contributed by atoms with Gasteiger partial charge in [0.1, 0.15) is 18.0 Å². The highest BCUT2D eigenvalue weighted by Crippen LogP contribution is 2.42. The van der Waals surface area contributed by atoms with E-state index in [1.165, 1.54) is 15.9 Å². The van der Waals surface area contributed by atoms with Gasteiger partial charge < -0.3 is 33.6 Å². The van der Waals surface area contributed by atoms with E-state index in [2.05, 4.69) is 57.8 Å². The molecular weight excluding hydrogens is 593 g/mol. The summed E-state index contributed by atoms with van der Waals surface area (Å²) in [6.07, 6.45) is 3.36. The minimum absolute atomic E-state index is 0.156. The summed E-state index contributed by atoms with van der Waals surface area (Å²) >= 11 is 0. The minimum atomic E-state index is -0.650. The number of carbonyl (C=O) groups excluding carboxylic acids is 2. The number of para-hydroxylation sites is 1. The lowest BCUT2D eigenvalue weighted by atomic mass is 9.71. The molecule has 1 aliphatic rings. The highest BCUT2D eigenvalue weighted by molar-refractivity contribution is 6.56. The van der Waals surface area contributed by atoms with Crippen molar-refractivity contribution in [3.05, 3.63) is 83.5 Å². The van der Waals surface area contributed by atoms with Gasteiger partial charge in [0.15, 0.2) is 0 Å². The van der Waals surface area contributed by atoms with Crippen LogP contribution in [0.1, 0.15) is 73.1 Å². The fraction of sp³-hybridized carbons (Fsp3) is 0.459. The van der Waals surface area contributed by atoms with E-state index >= 15 is 0 Å². The Bertz CT molecular complexity index is 1570. The summed E-state index contributed by atoms with van der Waals surface area (Å²) in [6.45, 7) is 16.6. The van der Waals surface area contributed by atoms with E-state index in [4.69, 9.17) is 18.8 Å². The molecular formula is C37H50BN3O6. The number of hydrogen-bond donors (Lipinski definition) is 1. The molecule has 0 saturated carbocycles. The van der Waals surface area contributed by atoms with Crippen molar-refractivity contribution in [1.82, 2.24) is 14.8 Å². The Balaban J connectivity index is 1.57. The third-order valence-corrected chi connectivity index (χ3v) is 8.49. The molecule has 3 aromatic rings. The molecule has 4 rings (SSSR count). The lowest BCUT2D eigenvalue weighted by Crippen LogP contribution is -2.41. The number of hydrogen-bond acceptors (Lipinski definition) is 6. The van der Waals surface area contributed by atoms with Crippen molar-refractivity contribution in [2.75, 3.05) is 33.8 Å². The van der Waals surface area contributed by atoms with Crippen molar-refractivity contribution in [3.8, 4) is 5.75 Å². The molecule has 0 radical (unpaired) electrons. The summed E-state index contributed by atoms with van der Waals surface area (Å²) in [6, 6.07) is 18.3. The van der Waals surface area contributed by atoms with Crippen LogP contribution in [0, 0.1) is 0 Å². The summed E-state index contributed by atoms with van der Waals surface area (Å²) in [5, 5.41) is 1.12. The number of likely N-dealkylation sites (N-methyl/N-ethyl adjacent to an activating group) is 1. The Hall–Kier alpha value is -4.02. The van der Waals surface area contributed by atoms with Gasteiger partial charge in [0, 0.05) is 48.9 Å². The maximum Gasteiger partial charge on any atom is 0.491 e. The number of allylic oxidation sites excluding steroid dienone is 1. The van der Waals surface area contributed by atoms with Gasteiger partial charge in [-0.1, -0.05) is 43.3 Å². The average molecular weight is 644 g/mol. The van der Waals surface area contributed by atoms with Crippen molar-refractivity contribution >= 4 is 35.6 Å². The van der Waals surface area contributed by atoms with Crippen LogP contribution in [0.25, 0.3) is 16.5 Å². The first-order valence-corrected chi connectivity index (χ1v) is 16.3. The van der Waals surface area contributed by atoms with E-state index in [9.17, 15) is 9.59 Å². The summed E-state index contributed by atoms with van der Waals surface area (Å²) < 4.78 is 24.7. The Kier molecular flexibility index (Phi) is 11.0. The van der Waals surface area contributed by atoms with Gasteiger partial charge >= 0.3 is 13.2 Å². The van der Waals surface area contributed by atoms with Crippen molar-refractivity contribution in [2.45, 2.75) is 78.6 Å².